The summed E-state index contributed by atoms with van der Waals surface area (Å²) in [6, 6.07) is 5.49. The molecule has 17 heavy (non-hydrogen) atoms. The molecule has 3 nitrogen and oxygen atoms in total. The number of nitrogen functional groups attached to an aromatic ring is 1. The first-order valence-electron chi connectivity index (χ1n) is 5.68. The van der Waals surface area contributed by atoms with Crippen molar-refractivity contribution in [2.75, 3.05) is 18.1 Å². The predicted octanol–water partition coefficient (Wildman–Crippen LogP) is 2.50. The third kappa shape index (κ3) is 4.88. The van der Waals surface area contributed by atoms with E-state index < -0.39 is 10.8 Å². The first kappa shape index (κ1) is 14.2. The van der Waals surface area contributed by atoms with Gasteiger partial charge in [-0.3, -0.25) is 4.21 Å². The van der Waals surface area contributed by atoms with Gasteiger partial charge in [-0.25, -0.2) is 0 Å². The SMILES string of the molecule is Cc1cc(S(=O)CCOC(C)(C)C)ccc1N. The number of hydrogen-bond donors (Lipinski definition) is 1. The Hall–Kier alpha value is -0.870. The highest BCUT2D eigenvalue weighted by Crippen LogP contribution is 2.16. The molecular formula is C13H21NO2S. The van der Waals surface area contributed by atoms with Crippen molar-refractivity contribution in [1.82, 2.24) is 0 Å². The maximum atomic E-state index is 12.0. The zero-order chi connectivity index (χ0) is 13.1. The minimum Gasteiger partial charge on any atom is -0.399 e. The molecule has 0 bridgehead atoms. The fourth-order valence-electron chi connectivity index (χ4n) is 1.33. The van der Waals surface area contributed by atoms with Gasteiger partial charge in [-0.1, -0.05) is 0 Å². The average molecular weight is 255 g/mol. The average Bonchev–Trinajstić information content (AvgIpc) is 2.20. The third-order valence-electron chi connectivity index (χ3n) is 2.31. The first-order valence-corrected chi connectivity index (χ1v) is 7.00. The molecule has 0 saturated carbocycles. The predicted molar refractivity (Wildman–Crippen MR) is 72.6 cm³/mol. The lowest BCUT2D eigenvalue weighted by Crippen LogP contribution is -2.22. The Labute approximate surface area is 106 Å². The molecule has 2 N–H and O–H groups in total. The van der Waals surface area contributed by atoms with Gasteiger partial charge in [0.1, 0.15) is 0 Å². The van der Waals surface area contributed by atoms with Crippen molar-refractivity contribution in [2.45, 2.75) is 38.2 Å². The Balaban J connectivity index is 2.56. The third-order valence-corrected chi connectivity index (χ3v) is 3.63. The molecule has 0 aliphatic carbocycles. The summed E-state index contributed by atoms with van der Waals surface area (Å²) in [5.74, 6) is 0.515. The Kier molecular flexibility index (Phi) is 4.71. The summed E-state index contributed by atoms with van der Waals surface area (Å²) in [4.78, 5) is 0.814. The smallest absolute Gasteiger partial charge is 0.0598 e. The van der Waals surface area contributed by atoms with E-state index in [1.54, 1.807) is 6.07 Å². The largest absolute Gasteiger partial charge is 0.399 e. The van der Waals surface area contributed by atoms with Crippen LogP contribution in [0.15, 0.2) is 23.1 Å². The van der Waals surface area contributed by atoms with Crippen LogP contribution in [0.4, 0.5) is 5.69 Å². The lowest BCUT2D eigenvalue weighted by atomic mass is 10.2. The quantitative estimate of drug-likeness (QED) is 0.841. The van der Waals surface area contributed by atoms with Crippen molar-refractivity contribution in [1.29, 1.82) is 0 Å². The fourth-order valence-corrected chi connectivity index (χ4v) is 2.33. The van der Waals surface area contributed by atoms with E-state index in [4.69, 9.17) is 10.5 Å². The number of benzene rings is 1. The molecule has 0 amide bonds. The molecule has 1 aromatic rings. The van der Waals surface area contributed by atoms with Gasteiger partial charge in [-0.2, -0.15) is 0 Å². The number of rotatable bonds is 4. The second-order valence-electron chi connectivity index (χ2n) is 5.03. The standard InChI is InChI=1S/C13H21NO2S/c1-10-9-11(5-6-12(10)14)17(15)8-7-16-13(2,3)4/h5-6,9H,7-8,14H2,1-4H3. The number of hydrogen-bond acceptors (Lipinski definition) is 3. The van der Waals surface area contributed by atoms with Crippen LogP contribution in [0.5, 0.6) is 0 Å². The monoisotopic (exact) mass is 255 g/mol. The number of ether oxygens (including phenoxy) is 1. The molecule has 0 radical (unpaired) electrons. The second kappa shape index (κ2) is 5.65. The molecule has 1 rings (SSSR count). The fraction of sp³-hybridized carbons (Fsp3) is 0.538. The lowest BCUT2D eigenvalue weighted by molar-refractivity contribution is 0.00669. The van der Waals surface area contributed by atoms with Crippen molar-refractivity contribution >= 4 is 16.5 Å². The van der Waals surface area contributed by atoms with Crippen molar-refractivity contribution < 1.29 is 8.95 Å². The van der Waals surface area contributed by atoms with Crippen LogP contribution in [-0.4, -0.2) is 22.2 Å². The van der Waals surface area contributed by atoms with E-state index in [-0.39, 0.29) is 5.60 Å². The van der Waals surface area contributed by atoms with E-state index in [1.165, 1.54) is 0 Å². The molecule has 1 aromatic carbocycles. The van der Waals surface area contributed by atoms with E-state index in [2.05, 4.69) is 0 Å². The van der Waals surface area contributed by atoms with E-state index in [1.807, 2.05) is 39.8 Å². The molecule has 1 unspecified atom stereocenters. The zero-order valence-electron chi connectivity index (χ0n) is 10.9. The van der Waals surface area contributed by atoms with Gasteiger partial charge in [0.05, 0.1) is 28.8 Å². The maximum Gasteiger partial charge on any atom is 0.0598 e. The molecule has 0 aliphatic rings. The van der Waals surface area contributed by atoms with Crippen LogP contribution >= 0.6 is 0 Å². The molecule has 0 saturated heterocycles. The van der Waals surface area contributed by atoms with Crippen molar-refractivity contribution in [2.24, 2.45) is 0 Å². The highest BCUT2D eigenvalue weighted by molar-refractivity contribution is 7.85. The molecule has 1 atom stereocenters. The molecule has 0 aromatic heterocycles. The van der Waals surface area contributed by atoms with E-state index >= 15 is 0 Å². The van der Waals surface area contributed by atoms with Crippen LogP contribution < -0.4 is 5.73 Å². The van der Waals surface area contributed by atoms with Crippen LogP contribution in [0, 0.1) is 6.92 Å². The van der Waals surface area contributed by atoms with Gasteiger partial charge >= 0.3 is 0 Å². The van der Waals surface area contributed by atoms with Crippen LogP contribution in [0.1, 0.15) is 26.3 Å². The van der Waals surface area contributed by atoms with Crippen molar-refractivity contribution in [3.8, 4) is 0 Å². The summed E-state index contributed by atoms with van der Waals surface area (Å²) in [7, 11) is -1.02. The number of nitrogens with two attached hydrogens (primary N) is 1. The Morgan fingerprint density at radius 3 is 2.53 bits per heavy atom. The van der Waals surface area contributed by atoms with Gasteiger partial charge < -0.3 is 10.5 Å². The molecule has 0 heterocycles. The minimum absolute atomic E-state index is 0.179. The summed E-state index contributed by atoms with van der Waals surface area (Å²) in [6.45, 7) is 8.39. The Bertz CT molecular complexity index is 410. The van der Waals surface area contributed by atoms with Gasteiger partial charge in [-0.15, -0.1) is 0 Å². The molecule has 4 heteroatoms. The normalized spacial score (nSPS) is 13.6. The van der Waals surface area contributed by atoms with Crippen LogP contribution in [-0.2, 0) is 15.5 Å². The van der Waals surface area contributed by atoms with Crippen LogP contribution in [0.3, 0.4) is 0 Å². The summed E-state index contributed by atoms with van der Waals surface area (Å²) in [5.41, 5.74) is 7.24. The lowest BCUT2D eigenvalue weighted by Gasteiger charge is -2.19. The summed E-state index contributed by atoms with van der Waals surface area (Å²) < 4.78 is 17.5. The topological polar surface area (TPSA) is 52.3 Å². The number of aryl methyl sites for hydroxylation is 1. The minimum atomic E-state index is -1.02. The molecule has 0 spiro atoms. The van der Waals surface area contributed by atoms with Gasteiger partial charge in [0.2, 0.25) is 0 Å². The van der Waals surface area contributed by atoms with Gasteiger partial charge in [-0.05, 0) is 51.5 Å². The van der Waals surface area contributed by atoms with E-state index in [0.717, 1.165) is 16.1 Å². The Morgan fingerprint density at radius 1 is 1.35 bits per heavy atom. The van der Waals surface area contributed by atoms with Crippen LogP contribution in [0.2, 0.25) is 0 Å². The van der Waals surface area contributed by atoms with Crippen molar-refractivity contribution in [3.63, 3.8) is 0 Å². The van der Waals surface area contributed by atoms with Crippen LogP contribution in [0.25, 0.3) is 0 Å². The number of anilines is 1. The highest BCUT2D eigenvalue weighted by Gasteiger charge is 2.11. The second-order valence-corrected chi connectivity index (χ2v) is 6.60. The Morgan fingerprint density at radius 2 is 2.00 bits per heavy atom. The van der Waals surface area contributed by atoms with Gasteiger partial charge in [0, 0.05) is 10.6 Å². The molecule has 0 fully saturated rings. The molecular weight excluding hydrogens is 234 g/mol. The molecule has 96 valence electrons. The van der Waals surface area contributed by atoms with E-state index in [0.29, 0.717) is 12.4 Å². The molecule has 0 aliphatic heterocycles. The zero-order valence-corrected chi connectivity index (χ0v) is 11.8. The maximum absolute atomic E-state index is 12.0. The van der Waals surface area contributed by atoms with Crippen molar-refractivity contribution in [3.05, 3.63) is 23.8 Å². The van der Waals surface area contributed by atoms with E-state index in [9.17, 15) is 4.21 Å². The highest BCUT2D eigenvalue weighted by atomic mass is 32.2. The summed E-state index contributed by atoms with van der Waals surface area (Å²) in [6.07, 6.45) is 0. The van der Waals surface area contributed by atoms with Gasteiger partial charge in [0.25, 0.3) is 0 Å². The summed E-state index contributed by atoms with van der Waals surface area (Å²) >= 11 is 0. The first-order chi connectivity index (χ1) is 7.79. The van der Waals surface area contributed by atoms with Gasteiger partial charge in [0.15, 0.2) is 0 Å². The summed E-state index contributed by atoms with van der Waals surface area (Å²) in [5, 5.41) is 0.